The molecule has 1 aliphatic rings. The quantitative estimate of drug-likeness (QED) is 0.560. The van der Waals surface area contributed by atoms with Gasteiger partial charge in [0.1, 0.15) is 0 Å². The van der Waals surface area contributed by atoms with Crippen LogP contribution in [0.25, 0.3) is 0 Å². The number of benzene rings is 3. The van der Waals surface area contributed by atoms with Gasteiger partial charge in [0, 0.05) is 30.0 Å². The van der Waals surface area contributed by atoms with E-state index in [-0.39, 0.29) is 18.4 Å². The second kappa shape index (κ2) is 9.34. The SMILES string of the molecule is Cc1ccc(NCC(=O)NNC(=O)c2ccc(N3CCc4ccccc4C3)cc2)cc1. The molecule has 6 nitrogen and oxygen atoms in total. The van der Waals surface area contributed by atoms with Crippen LogP contribution in [0.3, 0.4) is 0 Å². The van der Waals surface area contributed by atoms with Crippen LogP contribution in [-0.4, -0.2) is 24.9 Å². The van der Waals surface area contributed by atoms with Crippen LogP contribution >= 0.6 is 0 Å². The van der Waals surface area contributed by atoms with E-state index in [1.165, 1.54) is 11.1 Å². The Balaban J connectivity index is 1.26. The van der Waals surface area contributed by atoms with E-state index in [0.717, 1.165) is 36.4 Å². The van der Waals surface area contributed by atoms with Gasteiger partial charge in [0.2, 0.25) is 0 Å². The van der Waals surface area contributed by atoms with Crippen LogP contribution in [0.2, 0.25) is 0 Å². The van der Waals surface area contributed by atoms with Crippen LogP contribution < -0.4 is 21.1 Å². The van der Waals surface area contributed by atoms with Crippen molar-refractivity contribution in [3.8, 4) is 0 Å². The van der Waals surface area contributed by atoms with Crippen molar-refractivity contribution in [2.24, 2.45) is 0 Å². The van der Waals surface area contributed by atoms with E-state index in [9.17, 15) is 9.59 Å². The molecule has 0 unspecified atom stereocenters. The molecule has 0 saturated heterocycles. The summed E-state index contributed by atoms with van der Waals surface area (Å²) in [6.07, 6.45) is 1.01. The largest absolute Gasteiger partial charge is 0.376 e. The Hall–Kier alpha value is -3.80. The number of hydrogen-bond donors (Lipinski definition) is 3. The van der Waals surface area contributed by atoms with Gasteiger partial charge in [0.05, 0.1) is 6.54 Å². The van der Waals surface area contributed by atoms with E-state index < -0.39 is 0 Å². The number of fused-ring (bicyclic) bond motifs is 1. The molecule has 0 saturated carbocycles. The first-order chi connectivity index (χ1) is 15.1. The first-order valence-electron chi connectivity index (χ1n) is 10.4. The molecule has 0 aliphatic carbocycles. The van der Waals surface area contributed by atoms with Crippen molar-refractivity contribution in [2.75, 3.05) is 23.3 Å². The van der Waals surface area contributed by atoms with E-state index in [2.05, 4.69) is 45.3 Å². The van der Waals surface area contributed by atoms with Gasteiger partial charge in [-0.25, -0.2) is 0 Å². The fraction of sp³-hybridized carbons (Fsp3) is 0.200. The van der Waals surface area contributed by atoms with Crippen molar-refractivity contribution in [3.05, 3.63) is 95.1 Å². The summed E-state index contributed by atoms with van der Waals surface area (Å²) < 4.78 is 0. The molecule has 1 heterocycles. The second-order valence-corrected chi connectivity index (χ2v) is 7.71. The van der Waals surface area contributed by atoms with E-state index in [1.54, 1.807) is 12.1 Å². The molecule has 6 heteroatoms. The van der Waals surface area contributed by atoms with Crippen LogP contribution in [0, 0.1) is 6.92 Å². The molecule has 0 aromatic heterocycles. The summed E-state index contributed by atoms with van der Waals surface area (Å²) >= 11 is 0. The maximum atomic E-state index is 12.4. The monoisotopic (exact) mass is 414 g/mol. The van der Waals surface area contributed by atoms with Gasteiger partial charge in [-0.15, -0.1) is 0 Å². The number of anilines is 2. The zero-order valence-corrected chi connectivity index (χ0v) is 17.5. The maximum Gasteiger partial charge on any atom is 0.269 e. The van der Waals surface area contributed by atoms with Gasteiger partial charge in [-0.3, -0.25) is 20.4 Å². The third-order valence-corrected chi connectivity index (χ3v) is 5.45. The lowest BCUT2D eigenvalue weighted by Crippen LogP contribution is -2.44. The predicted octanol–water partition coefficient (Wildman–Crippen LogP) is 3.43. The van der Waals surface area contributed by atoms with Crippen LogP contribution in [0.5, 0.6) is 0 Å². The first kappa shape index (κ1) is 20.5. The van der Waals surface area contributed by atoms with Crippen molar-refractivity contribution < 1.29 is 9.59 Å². The van der Waals surface area contributed by atoms with Crippen LogP contribution in [0.1, 0.15) is 27.0 Å². The molecule has 1 aliphatic heterocycles. The summed E-state index contributed by atoms with van der Waals surface area (Å²) in [5, 5.41) is 3.02. The molecule has 3 aromatic rings. The molecule has 158 valence electrons. The van der Waals surface area contributed by atoms with Crippen molar-refractivity contribution in [2.45, 2.75) is 19.9 Å². The molecule has 3 N–H and O–H groups in total. The average molecular weight is 415 g/mol. The number of nitrogens with one attached hydrogen (secondary N) is 3. The topological polar surface area (TPSA) is 73.5 Å². The Labute approximate surface area is 182 Å². The molecule has 0 bridgehead atoms. The van der Waals surface area contributed by atoms with Crippen molar-refractivity contribution in [3.63, 3.8) is 0 Å². The van der Waals surface area contributed by atoms with E-state index in [0.29, 0.717) is 5.56 Å². The zero-order valence-electron chi connectivity index (χ0n) is 17.5. The van der Waals surface area contributed by atoms with Crippen LogP contribution in [0.4, 0.5) is 11.4 Å². The molecule has 4 rings (SSSR count). The first-order valence-corrected chi connectivity index (χ1v) is 10.4. The van der Waals surface area contributed by atoms with Gasteiger partial charge < -0.3 is 10.2 Å². The fourth-order valence-electron chi connectivity index (χ4n) is 3.64. The van der Waals surface area contributed by atoms with Gasteiger partial charge in [-0.2, -0.15) is 0 Å². The standard InChI is InChI=1S/C25H26N4O2/c1-18-6-10-22(11-7-18)26-16-24(30)27-28-25(31)20-8-12-23(13-9-20)29-15-14-19-4-2-3-5-21(19)17-29/h2-13,26H,14-17H2,1H3,(H,27,30)(H,28,31). The Morgan fingerprint density at radius 1 is 0.871 bits per heavy atom. The summed E-state index contributed by atoms with van der Waals surface area (Å²) in [5.74, 6) is -0.670. The minimum atomic E-state index is -0.348. The van der Waals surface area contributed by atoms with Gasteiger partial charge in [0.25, 0.3) is 11.8 Å². The number of hydrogen-bond acceptors (Lipinski definition) is 4. The molecule has 0 radical (unpaired) electrons. The predicted molar refractivity (Wildman–Crippen MR) is 123 cm³/mol. The molecule has 31 heavy (non-hydrogen) atoms. The second-order valence-electron chi connectivity index (χ2n) is 7.71. The van der Waals surface area contributed by atoms with E-state index in [4.69, 9.17) is 0 Å². The Morgan fingerprint density at radius 3 is 2.32 bits per heavy atom. The number of carbonyl (C=O) groups excluding carboxylic acids is 2. The van der Waals surface area contributed by atoms with Crippen LogP contribution in [0.15, 0.2) is 72.8 Å². The molecular formula is C25H26N4O2. The highest BCUT2D eigenvalue weighted by molar-refractivity contribution is 5.96. The number of nitrogens with zero attached hydrogens (tertiary/aromatic N) is 1. The highest BCUT2D eigenvalue weighted by atomic mass is 16.2. The fourth-order valence-corrected chi connectivity index (χ4v) is 3.64. The Kier molecular flexibility index (Phi) is 6.17. The minimum absolute atomic E-state index is 0.0682. The molecule has 0 atom stereocenters. The highest BCUT2D eigenvalue weighted by Gasteiger charge is 2.16. The van der Waals surface area contributed by atoms with Gasteiger partial charge in [-0.1, -0.05) is 42.0 Å². The summed E-state index contributed by atoms with van der Waals surface area (Å²) in [6, 6.07) is 23.7. The third kappa shape index (κ3) is 5.22. The summed E-state index contributed by atoms with van der Waals surface area (Å²) in [6.45, 7) is 3.89. The van der Waals surface area contributed by atoms with Crippen molar-refractivity contribution in [1.29, 1.82) is 0 Å². The minimum Gasteiger partial charge on any atom is -0.376 e. The van der Waals surface area contributed by atoms with Gasteiger partial charge in [-0.05, 0) is 60.9 Å². The molecular weight excluding hydrogens is 388 g/mol. The smallest absolute Gasteiger partial charge is 0.269 e. The van der Waals surface area contributed by atoms with Crippen LogP contribution in [-0.2, 0) is 17.8 Å². The number of aryl methyl sites for hydroxylation is 1. The average Bonchev–Trinajstić information content (AvgIpc) is 2.82. The molecule has 3 aromatic carbocycles. The summed E-state index contributed by atoms with van der Waals surface area (Å²) in [4.78, 5) is 26.6. The Morgan fingerprint density at radius 2 is 1.58 bits per heavy atom. The summed E-state index contributed by atoms with van der Waals surface area (Å²) in [7, 11) is 0. The molecule has 0 spiro atoms. The van der Waals surface area contributed by atoms with Gasteiger partial charge in [0.15, 0.2) is 0 Å². The summed E-state index contributed by atoms with van der Waals surface area (Å²) in [5.41, 5.74) is 11.2. The van der Waals surface area contributed by atoms with Gasteiger partial charge >= 0.3 is 0 Å². The van der Waals surface area contributed by atoms with Crippen molar-refractivity contribution in [1.82, 2.24) is 10.9 Å². The third-order valence-electron chi connectivity index (χ3n) is 5.45. The number of amides is 2. The Bertz CT molecular complexity index is 1060. The lowest BCUT2D eigenvalue weighted by Gasteiger charge is -2.30. The lowest BCUT2D eigenvalue weighted by molar-refractivity contribution is -0.120. The maximum absolute atomic E-state index is 12.4. The van der Waals surface area contributed by atoms with E-state index in [1.807, 2.05) is 43.3 Å². The number of carbonyl (C=O) groups is 2. The van der Waals surface area contributed by atoms with E-state index >= 15 is 0 Å². The molecule has 2 amide bonds. The normalized spacial score (nSPS) is 12.6. The number of hydrazine groups is 1. The van der Waals surface area contributed by atoms with Crippen molar-refractivity contribution >= 4 is 23.2 Å². The number of rotatable bonds is 5. The lowest BCUT2D eigenvalue weighted by atomic mass is 9.99. The highest BCUT2D eigenvalue weighted by Crippen LogP contribution is 2.24. The molecule has 0 fully saturated rings. The zero-order chi connectivity index (χ0) is 21.6.